The number of rotatable bonds is 6. The van der Waals surface area contributed by atoms with E-state index in [-0.39, 0.29) is 0 Å². The van der Waals surface area contributed by atoms with Crippen LogP contribution in [0.2, 0.25) is 0 Å². The fourth-order valence-electron chi connectivity index (χ4n) is 6.10. The Balaban J connectivity index is 0.000000271. The van der Waals surface area contributed by atoms with E-state index < -0.39 is 0 Å². The number of hydrogen-bond donors (Lipinski definition) is 0. The highest BCUT2D eigenvalue weighted by Gasteiger charge is 2.26. The van der Waals surface area contributed by atoms with Crippen LogP contribution in [0.3, 0.4) is 0 Å². The van der Waals surface area contributed by atoms with Crippen molar-refractivity contribution in [1.29, 1.82) is 0 Å². The lowest BCUT2D eigenvalue weighted by atomic mass is 9.87. The fraction of sp³-hybridized carbons (Fsp3) is 1.00. The maximum Gasteiger partial charge on any atom is 0.00387 e. The molecule has 3 unspecified atom stereocenters. The van der Waals surface area contributed by atoms with Crippen LogP contribution in [0.1, 0.15) is 122 Å². The van der Waals surface area contributed by atoms with Crippen LogP contribution in [0.15, 0.2) is 0 Å². The summed E-state index contributed by atoms with van der Waals surface area (Å²) in [4.78, 5) is 7.86. The molecule has 3 aliphatic rings. The van der Waals surface area contributed by atoms with Crippen molar-refractivity contribution in [1.82, 2.24) is 14.7 Å². The molecule has 3 heteroatoms. The molecule has 0 aromatic carbocycles. The van der Waals surface area contributed by atoms with Crippen LogP contribution in [-0.4, -0.2) is 72.1 Å². The van der Waals surface area contributed by atoms with E-state index in [1.54, 1.807) is 0 Å². The van der Waals surface area contributed by atoms with Gasteiger partial charge in [-0.3, -0.25) is 0 Å². The average Bonchev–Trinajstić information content (AvgIpc) is 3.18. The molecule has 3 saturated heterocycles. The van der Waals surface area contributed by atoms with E-state index in [2.05, 4.69) is 97.8 Å². The predicted molar refractivity (Wildman–Crippen MR) is 163 cm³/mol. The number of piperidine rings is 1. The third kappa shape index (κ3) is 12.6. The molecule has 3 aliphatic heterocycles. The number of hydrogen-bond acceptors (Lipinski definition) is 3. The highest BCUT2D eigenvalue weighted by Crippen LogP contribution is 2.26. The molecule has 0 radical (unpaired) electrons. The molecule has 3 fully saturated rings. The predicted octanol–water partition coefficient (Wildman–Crippen LogP) is 8.29. The lowest BCUT2D eigenvalue weighted by Crippen LogP contribution is -2.41. The summed E-state index contributed by atoms with van der Waals surface area (Å²) in [7, 11) is 0. The maximum absolute atomic E-state index is 2.65. The third-order valence-corrected chi connectivity index (χ3v) is 9.50. The quantitative estimate of drug-likeness (QED) is 0.358. The first-order chi connectivity index (χ1) is 16.8. The van der Waals surface area contributed by atoms with Gasteiger partial charge in [0, 0.05) is 37.8 Å². The minimum Gasteiger partial charge on any atom is -0.301 e. The van der Waals surface area contributed by atoms with Gasteiger partial charge in [0.1, 0.15) is 0 Å². The van der Waals surface area contributed by atoms with Crippen LogP contribution in [0.5, 0.6) is 0 Å². The summed E-state index contributed by atoms with van der Waals surface area (Å²) in [5.41, 5.74) is 0. The molecule has 36 heavy (non-hydrogen) atoms. The lowest BCUT2D eigenvalue weighted by Gasteiger charge is -2.37. The van der Waals surface area contributed by atoms with Gasteiger partial charge in [-0.15, -0.1) is 0 Å². The van der Waals surface area contributed by atoms with Crippen LogP contribution in [0, 0.1) is 35.5 Å². The van der Waals surface area contributed by atoms with Crippen molar-refractivity contribution in [2.45, 2.75) is 140 Å². The van der Waals surface area contributed by atoms with Gasteiger partial charge in [0.25, 0.3) is 0 Å². The summed E-state index contributed by atoms with van der Waals surface area (Å²) in [6, 6.07) is 2.23. The second kappa shape index (κ2) is 17.5. The van der Waals surface area contributed by atoms with E-state index >= 15 is 0 Å². The Morgan fingerprint density at radius 3 is 1.06 bits per heavy atom. The van der Waals surface area contributed by atoms with Gasteiger partial charge in [0.05, 0.1) is 0 Å². The van der Waals surface area contributed by atoms with Crippen LogP contribution >= 0.6 is 0 Å². The van der Waals surface area contributed by atoms with E-state index in [4.69, 9.17) is 0 Å². The topological polar surface area (TPSA) is 9.72 Å². The molecule has 0 spiro atoms. The summed E-state index contributed by atoms with van der Waals surface area (Å²) in [5.74, 6) is 5.44. The van der Waals surface area contributed by atoms with Gasteiger partial charge < -0.3 is 14.7 Å². The van der Waals surface area contributed by atoms with E-state index in [9.17, 15) is 0 Å². The van der Waals surface area contributed by atoms with Gasteiger partial charge in [-0.05, 0) is 129 Å². The molecule has 0 aliphatic carbocycles. The van der Waals surface area contributed by atoms with Crippen molar-refractivity contribution in [2.75, 3.05) is 39.3 Å². The van der Waals surface area contributed by atoms with Crippen LogP contribution < -0.4 is 0 Å². The minimum absolute atomic E-state index is 0.736. The zero-order chi connectivity index (χ0) is 27.4. The summed E-state index contributed by atoms with van der Waals surface area (Å²) >= 11 is 0. The first-order valence-electron chi connectivity index (χ1n) is 16.0. The normalized spacial score (nSPS) is 27.0. The molecule has 0 aromatic rings. The third-order valence-electron chi connectivity index (χ3n) is 9.50. The second-order valence-electron chi connectivity index (χ2n) is 14.2. The van der Waals surface area contributed by atoms with Crippen molar-refractivity contribution in [3.63, 3.8) is 0 Å². The van der Waals surface area contributed by atoms with Crippen molar-refractivity contribution < 1.29 is 0 Å². The van der Waals surface area contributed by atoms with Gasteiger partial charge >= 0.3 is 0 Å². The molecule has 0 bridgehead atoms. The minimum atomic E-state index is 0.736. The summed E-state index contributed by atoms with van der Waals surface area (Å²) < 4.78 is 0. The standard InChI is InChI=1S/C12H25N.C11H23N.C10H21N/c1-10(2)12-7-5-6-8-13(9-12)11(3)4;1-9(2)11-6-5-7-12(8-11)10(3)4;1-8(2)10-5-6-11(7-10)9(3)4/h10-12H,5-9H2,1-4H3;9-11H,5-8H2,1-4H3;8-10H,5-7H2,1-4H3. The molecule has 3 nitrogen and oxygen atoms in total. The Bertz CT molecular complexity index is 495. The molecule has 3 atom stereocenters. The largest absolute Gasteiger partial charge is 0.301 e. The monoisotopic (exact) mass is 508 g/mol. The van der Waals surface area contributed by atoms with E-state index in [1.165, 1.54) is 77.8 Å². The molecule has 216 valence electrons. The van der Waals surface area contributed by atoms with Crippen molar-refractivity contribution in [3.05, 3.63) is 0 Å². The molecular formula is C33H69N3. The first kappa shape index (κ1) is 33.9. The Kier molecular flexibility index (Phi) is 16.4. The number of likely N-dealkylation sites (tertiary alicyclic amines) is 3. The van der Waals surface area contributed by atoms with Gasteiger partial charge in [-0.25, -0.2) is 0 Å². The van der Waals surface area contributed by atoms with Crippen molar-refractivity contribution >= 4 is 0 Å². The first-order valence-corrected chi connectivity index (χ1v) is 16.0. The molecule has 0 aromatic heterocycles. The molecule has 0 N–H and O–H groups in total. The maximum atomic E-state index is 2.65. The van der Waals surface area contributed by atoms with Gasteiger partial charge in [-0.1, -0.05) is 48.0 Å². The SMILES string of the molecule is CC(C)C1CCCCN(C(C)C)C1.CC(C)C1CCCN(C(C)C)C1.CC(C)C1CCN(C(C)C)C1. The number of nitrogens with zero attached hydrogens (tertiary/aromatic N) is 3. The van der Waals surface area contributed by atoms with Gasteiger partial charge in [0.15, 0.2) is 0 Å². The molecule has 3 heterocycles. The van der Waals surface area contributed by atoms with Crippen LogP contribution in [0.25, 0.3) is 0 Å². The Labute approximate surface area is 229 Å². The Hall–Kier alpha value is -0.120. The average molecular weight is 508 g/mol. The molecule has 0 saturated carbocycles. The van der Waals surface area contributed by atoms with Crippen LogP contribution in [0.4, 0.5) is 0 Å². The highest BCUT2D eigenvalue weighted by atomic mass is 15.2. The summed E-state index contributed by atoms with van der Waals surface area (Å²) in [6.07, 6.45) is 8.55. The zero-order valence-electron chi connectivity index (χ0n) is 27.0. The second-order valence-corrected chi connectivity index (χ2v) is 14.2. The molecular weight excluding hydrogens is 438 g/mol. The van der Waals surface area contributed by atoms with Gasteiger partial charge in [0.2, 0.25) is 0 Å². The van der Waals surface area contributed by atoms with E-state index in [0.717, 1.165) is 53.6 Å². The fourth-order valence-corrected chi connectivity index (χ4v) is 6.10. The van der Waals surface area contributed by atoms with Gasteiger partial charge in [-0.2, -0.15) is 0 Å². The smallest absolute Gasteiger partial charge is 0.00387 e. The molecule has 3 rings (SSSR count). The molecule has 0 amide bonds. The van der Waals surface area contributed by atoms with Crippen LogP contribution in [-0.2, 0) is 0 Å². The lowest BCUT2D eigenvalue weighted by molar-refractivity contribution is 0.117. The Morgan fingerprint density at radius 1 is 0.389 bits per heavy atom. The van der Waals surface area contributed by atoms with E-state index in [0.29, 0.717) is 0 Å². The summed E-state index contributed by atoms with van der Waals surface area (Å²) in [5, 5.41) is 0. The highest BCUT2D eigenvalue weighted by molar-refractivity contribution is 4.79. The van der Waals surface area contributed by atoms with Crippen molar-refractivity contribution in [2.24, 2.45) is 35.5 Å². The zero-order valence-corrected chi connectivity index (χ0v) is 27.0. The van der Waals surface area contributed by atoms with E-state index in [1.807, 2.05) is 0 Å². The summed E-state index contributed by atoms with van der Waals surface area (Å²) in [6.45, 7) is 35.9. The Morgan fingerprint density at radius 2 is 0.722 bits per heavy atom. The van der Waals surface area contributed by atoms with Crippen molar-refractivity contribution in [3.8, 4) is 0 Å².